The van der Waals surface area contributed by atoms with Gasteiger partial charge in [-0.15, -0.1) is 6.42 Å². The van der Waals surface area contributed by atoms with Gasteiger partial charge in [-0.05, 0) is 35.9 Å². The molecule has 5 nitrogen and oxygen atoms in total. The van der Waals surface area contributed by atoms with Crippen molar-refractivity contribution < 1.29 is 18.7 Å². The maximum Gasteiger partial charge on any atom is 0.251 e. The van der Waals surface area contributed by atoms with E-state index in [1.54, 1.807) is 24.3 Å². The summed E-state index contributed by atoms with van der Waals surface area (Å²) in [7, 11) is 1.49. The van der Waals surface area contributed by atoms with Gasteiger partial charge >= 0.3 is 0 Å². The van der Waals surface area contributed by atoms with Crippen LogP contribution in [0.3, 0.4) is 0 Å². The Balaban J connectivity index is 2.16. The fourth-order valence-corrected chi connectivity index (χ4v) is 2.21. The van der Waals surface area contributed by atoms with E-state index in [9.17, 15) is 14.0 Å². The number of ether oxygens (including phenoxy) is 1. The molecule has 0 saturated heterocycles. The second-order valence-corrected chi connectivity index (χ2v) is 5.09. The lowest BCUT2D eigenvalue weighted by atomic mass is 10.0. The van der Waals surface area contributed by atoms with Gasteiger partial charge in [-0.2, -0.15) is 0 Å². The lowest BCUT2D eigenvalue weighted by molar-refractivity contribution is -0.119. The van der Waals surface area contributed by atoms with Crippen molar-refractivity contribution in [3.05, 3.63) is 53.8 Å². The molecule has 2 amide bonds. The van der Waals surface area contributed by atoms with Crippen molar-refractivity contribution in [2.45, 2.75) is 0 Å². The molecule has 0 atom stereocenters. The van der Waals surface area contributed by atoms with Crippen molar-refractivity contribution >= 4 is 11.8 Å². The first-order valence-corrected chi connectivity index (χ1v) is 7.47. The van der Waals surface area contributed by atoms with Gasteiger partial charge in [0.2, 0.25) is 5.91 Å². The van der Waals surface area contributed by atoms with E-state index in [0.717, 1.165) is 0 Å². The lowest BCUT2D eigenvalue weighted by Gasteiger charge is -2.10. The minimum atomic E-state index is -0.423. The Labute approximate surface area is 145 Å². The molecule has 0 aliphatic carbocycles. The molecule has 2 aromatic rings. The predicted octanol–water partition coefficient (Wildman–Crippen LogP) is 1.98. The first-order chi connectivity index (χ1) is 12.0. The van der Waals surface area contributed by atoms with Crippen LogP contribution >= 0.6 is 0 Å². The summed E-state index contributed by atoms with van der Waals surface area (Å²) in [4.78, 5) is 23.7. The van der Waals surface area contributed by atoms with Crippen molar-refractivity contribution in [3.63, 3.8) is 0 Å². The Morgan fingerprint density at radius 1 is 1.20 bits per heavy atom. The van der Waals surface area contributed by atoms with Gasteiger partial charge in [0.05, 0.1) is 20.2 Å². The Morgan fingerprint density at radius 3 is 2.72 bits per heavy atom. The van der Waals surface area contributed by atoms with E-state index in [1.165, 1.54) is 25.3 Å². The number of benzene rings is 2. The molecule has 0 fully saturated rings. The molecule has 0 heterocycles. The molecule has 0 aromatic heterocycles. The van der Waals surface area contributed by atoms with Crippen molar-refractivity contribution in [1.82, 2.24) is 10.6 Å². The molecule has 0 aliphatic heterocycles. The van der Waals surface area contributed by atoms with Crippen LogP contribution < -0.4 is 15.4 Å². The highest BCUT2D eigenvalue weighted by molar-refractivity contribution is 5.97. The van der Waals surface area contributed by atoms with Crippen molar-refractivity contribution in [2.75, 3.05) is 20.2 Å². The fourth-order valence-electron chi connectivity index (χ4n) is 2.21. The molecule has 128 valence electrons. The smallest absolute Gasteiger partial charge is 0.251 e. The van der Waals surface area contributed by atoms with Crippen LogP contribution in [0.4, 0.5) is 4.39 Å². The molecule has 0 saturated carbocycles. The van der Waals surface area contributed by atoms with Gasteiger partial charge in [0.15, 0.2) is 0 Å². The molecule has 0 bridgehead atoms. The van der Waals surface area contributed by atoms with Crippen LogP contribution in [0.15, 0.2) is 42.5 Å². The van der Waals surface area contributed by atoms with Crippen LogP contribution in [-0.2, 0) is 4.79 Å². The minimum Gasteiger partial charge on any atom is -0.496 e. The Hall–Kier alpha value is -3.33. The fraction of sp³-hybridized carbons (Fsp3) is 0.158. The number of methoxy groups -OCH3 is 1. The third-order valence-electron chi connectivity index (χ3n) is 3.39. The van der Waals surface area contributed by atoms with Gasteiger partial charge in [-0.25, -0.2) is 4.39 Å². The molecule has 0 radical (unpaired) electrons. The van der Waals surface area contributed by atoms with Crippen LogP contribution in [-0.4, -0.2) is 32.0 Å². The molecule has 2 rings (SSSR count). The maximum absolute atomic E-state index is 13.5. The summed E-state index contributed by atoms with van der Waals surface area (Å²) in [5.74, 6) is 1.55. The summed E-state index contributed by atoms with van der Waals surface area (Å²) in [6.07, 6.45) is 5.04. The zero-order valence-electron chi connectivity index (χ0n) is 13.6. The predicted molar refractivity (Wildman–Crippen MR) is 92.6 cm³/mol. The Bertz CT molecular complexity index is 828. The molecule has 25 heavy (non-hydrogen) atoms. The standard InChI is InChI=1S/C19H17FN2O3/c1-3-9-21-18(23)12-22-19(24)14-6-4-5-13(10-14)16-11-15(20)7-8-17(16)25-2/h1,4-8,10-11H,9,12H2,2H3,(H,21,23)(H,22,24). The van der Waals surface area contributed by atoms with Gasteiger partial charge in [0.25, 0.3) is 5.91 Å². The van der Waals surface area contributed by atoms with Crippen LogP contribution in [0.25, 0.3) is 11.1 Å². The number of carbonyl (C=O) groups excluding carboxylic acids is 2. The summed E-state index contributed by atoms with van der Waals surface area (Å²) >= 11 is 0. The molecular formula is C19H17FN2O3. The van der Waals surface area contributed by atoms with E-state index in [2.05, 4.69) is 16.6 Å². The molecule has 2 N–H and O–H groups in total. The number of hydrogen-bond donors (Lipinski definition) is 2. The zero-order chi connectivity index (χ0) is 18.2. The van der Waals surface area contributed by atoms with E-state index < -0.39 is 11.7 Å². The largest absolute Gasteiger partial charge is 0.496 e. The highest BCUT2D eigenvalue weighted by Gasteiger charge is 2.12. The summed E-state index contributed by atoms with van der Waals surface area (Å²) in [5.41, 5.74) is 1.50. The molecule has 0 unspecified atom stereocenters. The third-order valence-corrected chi connectivity index (χ3v) is 3.39. The van der Waals surface area contributed by atoms with Crippen LogP contribution in [0.2, 0.25) is 0 Å². The average Bonchev–Trinajstić information content (AvgIpc) is 2.64. The van der Waals surface area contributed by atoms with Crippen molar-refractivity contribution in [3.8, 4) is 29.2 Å². The summed E-state index contributed by atoms with van der Waals surface area (Å²) in [6.45, 7) is -0.0857. The zero-order valence-corrected chi connectivity index (χ0v) is 13.6. The van der Waals surface area contributed by atoms with E-state index in [4.69, 9.17) is 11.2 Å². The molecule has 2 aromatic carbocycles. The van der Waals surface area contributed by atoms with E-state index in [0.29, 0.717) is 22.4 Å². The number of amides is 2. The molecular weight excluding hydrogens is 323 g/mol. The average molecular weight is 340 g/mol. The van der Waals surface area contributed by atoms with Crippen LogP contribution in [0.5, 0.6) is 5.75 Å². The number of terminal acetylenes is 1. The van der Waals surface area contributed by atoms with Gasteiger partial charge < -0.3 is 15.4 Å². The number of nitrogens with one attached hydrogen (secondary N) is 2. The number of carbonyl (C=O) groups is 2. The minimum absolute atomic E-state index is 0.101. The quantitative estimate of drug-likeness (QED) is 0.790. The lowest BCUT2D eigenvalue weighted by Crippen LogP contribution is -2.37. The topological polar surface area (TPSA) is 67.4 Å². The van der Waals surface area contributed by atoms with Crippen LogP contribution in [0.1, 0.15) is 10.4 Å². The van der Waals surface area contributed by atoms with Gasteiger partial charge in [-0.3, -0.25) is 9.59 Å². The van der Waals surface area contributed by atoms with Gasteiger partial charge in [0, 0.05) is 11.1 Å². The summed E-state index contributed by atoms with van der Waals surface area (Å²) in [5, 5.41) is 4.95. The number of hydrogen-bond acceptors (Lipinski definition) is 3. The second-order valence-electron chi connectivity index (χ2n) is 5.09. The highest BCUT2D eigenvalue weighted by atomic mass is 19.1. The van der Waals surface area contributed by atoms with E-state index in [1.807, 2.05) is 0 Å². The Kier molecular flexibility index (Phi) is 6.13. The number of halogens is 1. The van der Waals surface area contributed by atoms with E-state index in [-0.39, 0.29) is 19.0 Å². The first-order valence-electron chi connectivity index (χ1n) is 7.47. The van der Waals surface area contributed by atoms with Crippen LogP contribution in [0, 0.1) is 18.2 Å². The molecule has 0 spiro atoms. The molecule has 0 aliphatic rings. The second kappa shape index (κ2) is 8.50. The SMILES string of the molecule is C#CCNC(=O)CNC(=O)c1cccc(-c2cc(F)ccc2OC)c1. The first kappa shape index (κ1) is 18.0. The summed E-state index contributed by atoms with van der Waals surface area (Å²) < 4.78 is 18.8. The number of rotatable bonds is 6. The normalized spacial score (nSPS) is 9.80. The summed E-state index contributed by atoms with van der Waals surface area (Å²) in [6, 6.07) is 10.8. The van der Waals surface area contributed by atoms with Gasteiger partial charge in [0.1, 0.15) is 11.6 Å². The maximum atomic E-state index is 13.5. The van der Waals surface area contributed by atoms with Gasteiger partial charge in [-0.1, -0.05) is 18.1 Å². The molecule has 6 heteroatoms. The highest BCUT2D eigenvalue weighted by Crippen LogP contribution is 2.31. The van der Waals surface area contributed by atoms with Crippen molar-refractivity contribution in [2.24, 2.45) is 0 Å². The monoisotopic (exact) mass is 340 g/mol. The van der Waals surface area contributed by atoms with Crippen molar-refractivity contribution in [1.29, 1.82) is 0 Å². The third kappa shape index (κ3) is 4.82. The van der Waals surface area contributed by atoms with E-state index >= 15 is 0 Å². The Morgan fingerprint density at radius 2 is 2.00 bits per heavy atom.